The van der Waals surface area contributed by atoms with Gasteiger partial charge in [0.2, 0.25) is 0 Å². The lowest BCUT2D eigenvalue weighted by Gasteiger charge is -2.02. The highest BCUT2D eigenvalue weighted by atomic mass is 16.5. The Hall–Kier alpha value is -1.83. The molecule has 2 nitrogen and oxygen atoms in total. The number of ether oxygens (including phenoxy) is 1. The molecule has 0 amide bonds. The number of hydrogen-bond acceptors (Lipinski definition) is 2. The normalized spacial score (nSPS) is 12.1. The fourth-order valence-corrected chi connectivity index (χ4v) is 1.71. The highest BCUT2D eigenvalue weighted by Crippen LogP contribution is 2.07. The van der Waals surface area contributed by atoms with Crippen molar-refractivity contribution < 1.29 is 9.53 Å². The zero-order chi connectivity index (χ0) is 14.8. The Labute approximate surface area is 122 Å². The zero-order valence-electron chi connectivity index (χ0n) is 12.6. The van der Waals surface area contributed by atoms with Crippen LogP contribution in [0.1, 0.15) is 39.2 Å². The van der Waals surface area contributed by atoms with Gasteiger partial charge >= 0.3 is 5.97 Å². The molecule has 2 heteroatoms. The first-order valence-corrected chi connectivity index (χ1v) is 7.13. The molecule has 1 rings (SSSR count). The summed E-state index contributed by atoms with van der Waals surface area (Å²) in [6.45, 7) is 6.30. The molecular formula is C18H24O2. The maximum Gasteiger partial charge on any atom is 0.315 e. The molecule has 0 spiro atoms. The van der Waals surface area contributed by atoms with Gasteiger partial charge in [-0.1, -0.05) is 56.3 Å². The summed E-state index contributed by atoms with van der Waals surface area (Å²) in [7, 11) is 0. The molecule has 1 aromatic rings. The van der Waals surface area contributed by atoms with E-state index in [1.54, 1.807) is 6.26 Å². The molecular weight excluding hydrogens is 248 g/mol. The third-order valence-electron chi connectivity index (χ3n) is 2.81. The van der Waals surface area contributed by atoms with Crippen LogP contribution in [0.2, 0.25) is 0 Å². The van der Waals surface area contributed by atoms with Crippen molar-refractivity contribution >= 4 is 5.97 Å². The summed E-state index contributed by atoms with van der Waals surface area (Å²) in [5.74, 6) is 0.372. The molecule has 0 heterocycles. The number of esters is 1. The van der Waals surface area contributed by atoms with Gasteiger partial charge in [0.1, 0.15) is 0 Å². The van der Waals surface area contributed by atoms with Crippen molar-refractivity contribution in [2.75, 3.05) is 0 Å². The molecule has 1 aromatic carbocycles. The van der Waals surface area contributed by atoms with Crippen LogP contribution in [-0.2, 0) is 16.0 Å². The van der Waals surface area contributed by atoms with E-state index in [9.17, 15) is 4.79 Å². The van der Waals surface area contributed by atoms with E-state index < -0.39 is 0 Å². The Morgan fingerprint density at radius 3 is 2.60 bits per heavy atom. The van der Waals surface area contributed by atoms with E-state index in [-0.39, 0.29) is 5.97 Å². The summed E-state index contributed by atoms with van der Waals surface area (Å²) in [4.78, 5) is 11.7. The standard InChI is InChI=1S/C18H24O2/c1-15(2)9-7-8-10-16(3)14-20-18(19)13-17-11-5-4-6-12-17/h4-7,9,11-12,14-15H,8,10,13H2,1-3H3/b9-7+,16-14+. The van der Waals surface area contributed by atoms with Crippen LogP contribution in [0.15, 0.2) is 54.3 Å². The summed E-state index contributed by atoms with van der Waals surface area (Å²) in [5.41, 5.74) is 2.06. The maximum atomic E-state index is 11.7. The van der Waals surface area contributed by atoms with E-state index in [1.807, 2.05) is 37.3 Å². The third-order valence-corrected chi connectivity index (χ3v) is 2.81. The molecule has 0 fully saturated rings. The second-order valence-electron chi connectivity index (χ2n) is 5.33. The molecule has 0 aromatic heterocycles. The van der Waals surface area contributed by atoms with Crippen LogP contribution in [0.4, 0.5) is 0 Å². The van der Waals surface area contributed by atoms with Gasteiger partial charge in [0.15, 0.2) is 0 Å². The molecule has 0 bridgehead atoms. The number of carbonyl (C=O) groups is 1. The van der Waals surface area contributed by atoms with Gasteiger partial charge < -0.3 is 4.74 Å². The molecule has 0 aliphatic heterocycles. The lowest BCUT2D eigenvalue weighted by molar-refractivity contribution is -0.137. The number of benzene rings is 1. The first-order chi connectivity index (χ1) is 9.58. The van der Waals surface area contributed by atoms with E-state index in [0.717, 1.165) is 24.0 Å². The molecule has 20 heavy (non-hydrogen) atoms. The van der Waals surface area contributed by atoms with Crippen LogP contribution < -0.4 is 0 Å². The van der Waals surface area contributed by atoms with Crippen molar-refractivity contribution in [2.24, 2.45) is 5.92 Å². The van der Waals surface area contributed by atoms with Gasteiger partial charge in [-0.05, 0) is 36.8 Å². The van der Waals surface area contributed by atoms with E-state index in [2.05, 4.69) is 26.0 Å². The van der Waals surface area contributed by atoms with Gasteiger partial charge in [-0.25, -0.2) is 0 Å². The minimum atomic E-state index is -0.215. The molecule has 0 N–H and O–H groups in total. The highest BCUT2D eigenvalue weighted by Gasteiger charge is 2.02. The van der Waals surface area contributed by atoms with Crippen molar-refractivity contribution in [3.8, 4) is 0 Å². The summed E-state index contributed by atoms with van der Waals surface area (Å²) >= 11 is 0. The van der Waals surface area contributed by atoms with Gasteiger partial charge in [-0.3, -0.25) is 4.79 Å². The van der Waals surface area contributed by atoms with E-state index in [1.165, 1.54) is 0 Å². The second-order valence-corrected chi connectivity index (χ2v) is 5.33. The Balaban J connectivity index is 2.30. The largest absolute Gasteiger partial charge is 0.434 e. The topological polar surface area (TPSA) is 26.3 Å². The SMILES string of the molecule is C/C(=C\OC(=O)Cc1ccccc1)CC/C=C/C(C)C. The quantitative estimate of drug-likeness (QED) is 0.409. The van der Waals surface area contributed by atoms with Crippen molar-refractivity contribution in [3.63, 3.8) is 0 Å². The van der Waals surface area contributed by atoms with E-state index >= 15 is 0 Å². The fourth-order valence-electron chi connectivity index (χ4n) is 1.71. The van der Waals surface area contributed by atoms with Crippen LogP contribution >= 0.6 is 0 Å². The molecule has 0 unspecified atom stereocenters. The number of allylic oxidation sites excluding steroid dienone is 3. The molecule has 0 radical (unpaired) electrons. The van der Waals surface area contributed by atoms with Crippen molar-refractivity contribution in [3.05, 3.63) is 59.9 Å². The fraction of sp³-hybridized carbons (Fsp3) is 0.389. The molecule has 108 valence electrons. The lowest BCUT2D eigenvalue weighted by atomic mass is 10.1. The van der Waals surface area contributed by atoms with Gasteiger partial charge in [0, 0.05) is 0 Å². The van der Waals surface area contributed by atoms with E-state index in [4.69, 9.17) is 4.74 Å². The minimum absolute atomic E-state index is 0.215. The average molecular weight is 272 g/mol. The van der Waals surface area contributed by atoms with Crippen molar-refractivity contribution in [1.82, 2.24) is 0 Å². The van der Waals surface area contributed by atoms with Gasteiger partial charge in [0.05, 0.1) is 12.7 Å². The first-order valence-electron chi connectivity index (χ1n) is 7.13. The summed E-state index contributed by atoms with van der Waals surface area (Å²) in [6.07, 6.45) is 8.16. The molecule has 0 atom stereocenters. The molecule has 0 aliphatic carbocycles. The average Bonchev–Trinajstić information content (AvgIpc) is 2.42. The predicted molar refractivity (Wildman–Crippen MR) is 83.2 cm³/mol. The van der Waals surface area contributed by atoms with Crippen molar-refractivity contribution in [2.45, 2.75) is 40.0 Å². The van der Waals surface area contributed by atoms with Crippen LogP contribution in [0.3, 0.4) is 0 Å². The smallest absolute Gasteiger partial charge is 0.315 e. The zero-order valence-corrected chi connectivity index (χ0v) is 12.6. The van der Waals surface area contributed by atoms with Gasteiger partial charge in [-0.15, -0.1) is 0 Å². The Bertz CT molecular complexity index is 456. The van der Waals surface area contributed by atoms with Gasteiger partial charge in [0.25, 0.3) is 0 Å². The van der Waals surface area contributed by atoms with Crippen LogP contribution in [0, 0.1) is 5.92 Å². The third kappa shape index (κ3) is 7.57. The van der Waals surface area contributed by atoms with Crippen molar-refractivity contribution in [1.29, 1.82) is 0 Å². The Morgan fingerprint density at radius 2 is 1.95 bits per heavy atom. The number of hydrogen-bond donors (Lipinski definition) is 0. The summed E-state index contributed by atoms with van der Waals surface area (Å²) < 4.78 is 5.16. The minimum Gasteiger partial charge on any atom is -0.434 e. The van der Waals surface area contributed by atoms with Crippen LogP contribution in [0.5, 0.6) is 0 Å². The Morgan fingerprint density at radius 1 is 1.25 bits per heavy atom. The second kappa shape index (κ2) is 9.13. The Kier molecular flexibility index (Phi) is 7.41. The highest BCUT2D eigenvalue weighted by molar-refractivity contribution is 5.73. The number of carbonyl (C=O) groups excluding carboxylic acids is 1. The molecule has 0 saturated carbocycles. The summed E-state index contributed by atoms with van der Waals surface area (Å²) in [5, 5.41) is 0. The monoisotopic (exact) mass is 272 g/mol. The molecule has 0 saturated heterocycles. The maximum absolute atomic E-state index is 11.7. The summed E-state index contributed by atoms with van der Waals surface area (Å²) in [6, 6.07) is 9.63. The predicted octanol–water partition coefficient (Wildman–Crippen LogP) is 4.67. The molecule has 0 aliphatic rings. The lowest BCUT2D eigenvalue weighted by Crippen LogP contribution is -2.04. The van der Waals surface area contributed by atoms with Gasteiger partial charge in [-0.2, -0.15) is 0 Å². The number of rotatable bonds is 7. The van der Waals surface area contributed by atoms with Crippen LogP contribution in [-0.4, -0.2) is 5.97 Å². The van der Waals surface area contributed by atoms with E-state index in [0.29, 0.717) is 12.3 Å². The first kappa shape index (κ1) is 16.2. The van der Waals surface area contributed by atoms with Crippen LogP contribution in [0.25, 0.3) is 0 Å².